The molecule has 5 rings (SSSR count). The predicted molar refractivity (Wildman–Crippen MR) is 98.2 cm³/mol. The fraction of sp³-hybridized carbons (Fsp3) is 0.389. The average molecular weight is 353 g/mol. The van der Waals surface area contributed by atoms with E-state index in [9.17, 15) is 4.79 Å². The summed E-state index contributed by atoms with van der Waals surface area (Å²) in [5.74, 6) is 1.38. The summed E-state index contributed by atoms with van der Waals surface area (Å²) in [5, 5.41) is 8.75. The molecule has 1 saturated heterocycles. The minimum Gasteiger partial charge on any atom is -0.317 e. The van der Waals surface area contributed by atoms with Crippen LogP contribution in [0, 0.1) is 0 Å². The second-order valence-corrected chi connectivity index (χ2v) is 7.97. The van der Waals surface area contributed by atoms with Gasteiger partial charge in [-0.2, -0.15) is 5.10 Å². The molecule has 0 aliphatic carbocycles. The Morgan fingerprint density at radius 2 is 2.12 bits per heavy atom. The molecule has 1 amide bonds. The average Bonchev–Trinajstić information content (AvgIpc) is 3.28. The van der Waals surface area contributed by atoms with Crippen LogP contribution in [0.1, 0.15) is 38.9 Å². The van der Waals surface area contributed by atoms with Crippen LogP contribution >= 0.6 is 11.3 Å². The van der Waals surface area contributed by atoms with Gasteiger partial charge in [0, 0.05) is 28.4 Å². The number of amides is 1. The first-order valence-corrected chi connectivity index (χ1v) is 9.45. The molecular weight excluding hydrogens is 334 g/mol. The van der Waals surface area contributed by atoms with Gasteiger partial charge in [0.05, 0.1) is 18.3 Å². The highest BCUT2D eigenvalue weighted by molar-refractivity contribution is 7.12. The quantitative estimate of drug-likeness (QED) is 0.769. The van der Waals surface area contributed by atoms with Crippen LogP contribution in [0.25, 0.3) is 10.9 Å². The van der Waals surface area contributed by atoms with E-state index < -0.39 is 0 Å². The van der Waals surface area contributed by atoms with Crippen LogP contribution < -0.4 is 10.2 Å². The molecule has 0 bridgehead atoms. The van der Waals surface area contributed by atoms with Gasteiger partial charge in [-0.3, -0.25) is 14.4 Å². The van der Waals surface area contributed by atoms with Gasteiger partial charge in [0.15, 0.2) is 0 Å². The van der Waals surface area contributed by atoms with Crippen LogP contribution in [0.5, 0.6) is 0 Å². The highest BCUT2D eigenvalue weighted by Crippen LogP contribution is 2.39. The van der Waals surface area contributed by atoms with E-state index in [0.717, 1.165) is 42.4 Å². The Kier molecular flexibility index (Phi) is 3.39. The van der Waals surface area contributed by atoms with Crippen molar-refractivity contribution in [3.8, 4) is 0 Å². The Labute approximate surface area is 149 Å². The summed E-state index contributed by atoms with van der Waals surface area (Å²) in [6, 6.07) is 4.07. The monoisotopic (exact) mass is 353 g/mol. The number of pyridine rings is 1. The standard InChI is InChI=1S/C18H19N5OS/c1-22-9-12-6-17(20-8-14(12)21-22)23-10-16-13(18(23)24)7-15(25-16)11-2-4-19-5-3-11/h6-9,11,19H,2-5,10H2,1H3. The van der Waals surface area contributed by atoms with E-state index in [2.05, 4.69) is 21.5 Å². The Balaban J connectivity index is 1.43. The number of aryl methyl sites for hydroxylation is 1. The maximum atomic E-state index is 12.9. The number of rotatable bonds is 2. The molecular formula is C18H19N5OS. The first-order valence-electron chi connectivity index (χ1n) is 8.63. The Hall–Kier alpha value is -2.25. The molecule has 5 heterocycles. The van der Waals surface area contributed by atoms with E-state index in [1.54, 1.807) is 27.1 Å². The lowest BCUT2D eigenvalue weighted by Gasteiger charge is -2.21. The number of hydrogen-bond acceptors (Lipinski definition) is 5. The van der Waals surface area contributed by atoms with Crippen molar-refractivity contribution in [2.24, 2.45) is 7.05 Å². The van der Waals surface area contributed by atoms with Crippen molar-refractivity contribution in [1.82, 2.24) is 20.1 Å². The first kappa shape index (κ1) is 15.0. The van der Waals surface area contributed by atoms with Gasteiger partial charge in [-0.05, 0) is 44.0 Å². The lowest BCUT2D eigenvalue weighted by Crippen LogP contribution is -2.26. The van der Waals surface area contributed by atoms with Crippen molar-refractivity contribution >= 4 is 34.0 Å². The van der Waals surface area contributed by atoms with Gasteiger partial charge in [-0.15, -0.1) is 11.3 Å². The second kappa shape index (κ2) is 5.64. The highest BCUT2D eigenvalue weighted by Gasteiger charge is 2.33. The fourth-order valence-electron chi connectivity index (χ4n) is 3.79. The van der Waals surface area contributed by atoms with Gasteiger partial charge in [0.1, 0.15) is 11.3 Å². The number of anilines is 1. The molecule has 0 unspecified atom stereocenters. The van der Waals surface area contributed by atoms with Crippen LogP contribution in [0.3, 0.4) is 0 Å². The van der Waals surface area contributed by atoms with E-state index in [0.29, 0.717) is 18.3 Å². The zero-order valence-corrected chi connectivity index (χ0v) is 14.8. The molecule has 3 aromatic rings. The molecule has 0 radical (unpaired) electrons. The third-order valence-corrected chi connectivity index (χ3v) is 6.40. The Bertz CT molecular complexity index is 969. The van der Waals surface area contributed by atoms with E-state index >= 15 is 0 Å². The maximum Gasteiger partial charge on any atom is 0.260 e. The first-order chi connectivity index (χ1) is 12.2. The second-order valence-electron chi connectivity index (χ2n) is 6.81. The van der Waals surface area contributed by atoms with Gasteiger partial charge in [-0.25, -0.2) is 4.98 Å². The number of fused-ring (bicyclic) bond motifs is 2. The van der Waals surface area contributed by atoms with Crippen LogP contribution in [0.2, 0.25) is 0 Å². The number of carbonyl (C=O) groups is 1. The molecule has 1 fully saturated rings. The number of carbonyl (C=O) groups excluding carboxylic acids is 1. The smallest absolute Gasteiger partial charge is 0.260 e. The van der Waals surface area contributed by atoms with Crippen molar-refractivity contribution in [3.05, 3.63) is 39.8 Å². The number of nitrogens with zero attached hydrogens (tertiary/aromatic N) is 4. The van der Waals surface area contributed by atoms with Crippen LogP contribution in [0.4, 0.5) is 5.82 Å². The Morgan fingerprint density at radius 3 is 2.92 bits per heavy atom. The van der Waals surface area contributed by atoms with Crippen LogP contribution in [0.15, 0.2) is 24.5 Å². The largest absolute Gasteiger partial charge is 0.317 e. The van der Waals surface area contributed by atoms with E-state index in [1.165, 1.54) is 9.75 Å². The molecule has 3 aromatic heterocycles. The summed E-state index contributed by atoms with van der Waals surface area (Å²) >= 11 is 1.80. The molecule has 6 nitrogen and oxygen atoms in total. The lowest BCUT2D eigenvalue weighted by molar-refractivity contribution is 0.0996. The minimum absolute atomic E-state index is 0.0715. The summed E-state index contributed by atoms with van der Waals surface area (Å²) in [7, 11) is 1.89. The number of piperidine rings is 1. The van der Waals surface area contributed by atoms with Gasteiger partial charge in [0.2, 0.25) is 0 Å². The van der Waals surface area contributed by atoms with E-state index in [4.69, 9.17) is 0 Å². The lowest BCUT2D eigenvalue weighted by atomic mass is 9.96. The summed E-state index contributed by atoms with van der Waals surface area (Å²) in [6.07, 6.45) is 6.02. The number of thiophene rings is 1. The van der Waals surface area contributed by atoms with Crippen molar-refractivity contribution in [2.45, 2.75) is 25.3 Å². The predicted octanol–water partition coefficient (Wildman–Crippen LogP) is 2.66. The molecule has 25 heavy (non-hydrogen) atoms. The maximum absolute atomic E-state index is 12.9. The summed E-state index contributed by atoms with van der Waals surface area (Å²) in [5.41, 5.74) is 1.72. The molecule has 0 spiro atoms. The highest BCUT2D eigenvalue weighted by atomic mass is 32.1. The molecule has 0 aromatic carbocycles. The summed E-state index contributed by atoms with van der Waals surface area (Å²) in [4.78, 5) is 21.7. The zero-order valence-electron chi connectivity index (χ0n) is 14.0. The van der Waals surface area contributed by atoms with Crippen molar-refractivity contribution in [2.75, 3.05) is 18.0 Å². The Morgan fingerprint density at radius 1 is 1.28 bits per heavy atom. The number of nitrogens with one attached hydrogen (secondary N) is 1. The van der Waals surface area contributed by atoms with Crippen molar-refractivity contribution < 1.29 is 4.79 Å². The van der Waals surface area contributed by atoms with Gasteiger partial charge in [0.25, 0.3) is 5.91 Å². The molecule has 128 valence electrons. The summed E-state index contributed by atoms with van der Waals surface area (Å²) < 4.78 is 1.77. The normalized spacial score (nSPS) is 18.3. The molecule has 0 atom stereocenters. The number of hydrogen-bond donors (Lipinski definition) is 1. The minimum atomic E-state index is 0.0715. The third-order valence-electron chi connectivity index (χ3n) is 5.11. The SMILES string of the molecule is Cn1cc2cc(N3Cc4sc(C5CCNCC5)cc4C3=O)ncc2n1. The molecule has 0 saturated carbocycles. The van der Waals surface area contributed by atoms with Crippen LogP contribution in [-0.4, -0.2) is 33.8 Å². The van der Waals surface area contributed by atoms with Gasteiger partial charge < -0.3 is 5.32 Å². The molecule has 2 aliphatic heterocycles. The molecule has 1 N–H and O–H groups in total. The van der Waals surface area contributed by atoms with Crippen LogP contribution in [-0.2, 0) is 13.6 Å². The molecule has 7 heteroatoms. The van der Waals surface area contributed by atoms with Crippen molar-refractivity contribution in [1.29, 1.82) is 0 Å². The molecule has 2 aliphatic rings. The number of aromatic nitrogens is 3. The van der Waals surface area contributed by atoms with E-state index in [1.807, 2.05) is 19.3 Å². The topological polar surface area (TPSA) is 63.0 Å². The summed E-state index contributed by atoms with van der Waals surface area (Å²) in [6.45, 7) is 2.77. The van der Waals surface area contributed by atoms with Gasteiger partial charge >= 0.3 is 0 Å². The van der Waals surface area contributed by atoms with Crippen molar-refractivity contribution in [3.63, 3.8) is 0 Å². The van der Waals surface area contributed by atoms with E-state index in [-0.39, 0.29) is 5.91 Å². The van der Waals surface area contributed by atoms with Gasteiger partial charge in [-0.1, -0.05) is 0 Å². The third kappa shape index (κ3) is 2.46. The fourth-order valence-corrected chi connectivity index (χ4v) is 5.10. The zero-order chi connectivity index (χ0) is 17.0.